The monoisotopic (exact) mass is 550 g/mol. The zero-order valence-corrected chi connectivity index (χ0v) is 23.2. The molecule has 0 fully saturated rings. The predicted octanol–water partition coefficient (Wildman–Crippen LogP) is 5.51. The van der Waals surface area contributed by atoms with E-state index in [2.05, 4.69) is 21.3 Å². The quantitative estimate of drug-likeness (QED) is 0.272. The van der Waals surface area contributed by atoms with E-state index in [1.807, 2.05) is 27.7 Å². The fraction of sp³-hybridized carbons (Fsp3) is 0.214. The lowest BCUT2D eigenvalue weighted by Crippen LogP contribution is -2.34. The summed E-state index contributed by atoms with van der Waals surface area (Å²) >= 11 is 10.6. The molecule has 8 nitrogen and oxygen atoms in total. The summed E-state index contributed by atoms with van der Waals surface area (Å²) in [6.07, 6.45) is 0.00162. The van der Waals surface area contributed by atoms with Gasteiger partial charge in [-0.25, -0.2) is 0 Å². The Morgan fingerprint density at radius 2 is 1.00 bits per heavy atom. The number of thiocarbonyl (C=S) groups is 2. The fourth-order valence-electron chi connectivity index (χ4n) is 3.28. The van der Waals surface area contributed by atoms with Crippen molar-refractivity contribution in [1.82, 2.24) is 10.6 Å². The average molecular weight is 551 g/mol. The van der Waals surface area contributed by atoms with Gasteiger partial charge in [0.25, 0.3) is 11.8 Å². The van der Waals surface area contributed by atoms with Gasteiger partial charge in [-0.05, 0) is 113 Å². The van der Waals surface area contributed by atoms with Gasteiger partial charge in [0.15, 0.2) is 10.2 Å². The van der Waals surface area contributed by atoms with E-state index < -0.39 is 0 Å². The minimum absolute atomic E-state index is 0.000811. The van der Waals surface area contributed by atoms with Crippen molar-refractivity contribution in [1.29, 1.82) is 0 Å². The summed E-state index contributed by atoms with van der Waals surface area (Å²) < 4.78 is 11.3. The molecule has 198 valence electrons. The minimum atomic E-state index is -0.350. The summed E-state index contributed by atoms with van der Waals surface area (Å²) in [7, 11) is 0. The normalized spacial score (nSPS) is 10.5. The number of nitrogens with one attached hydrogen (secondary N) is 4. The molecular weight excluding hydrogens is 520 g/mol. The molecule has 0 aliphatic carbocycles. The number of anilines is 2. The molecular formula is C28H30N4O4S2. The molecule has 0 saturated carbocycles. The first kappa shape index (κ1) is 28.5. The maximum Gasteiger partial charge on any atom is 0.257 e. The van der Waals surface area contributed by atoms with E-state index in [9.17, 15) is 9.59 Å². The van der Waals surface area contributed by atoms with Crippen LogP contribution in [-0.4, -0.2) is 34.2 Å². The van der Waals surface area contributed by atoms with Crippen LogP contribution in [0.25, 0.3) is 0 Å². The third kappa shape index (κ3) is 9.13. The Kier molecular flexibility index (Phi) is 10.1. The lowest BCUT2D eigenvalue weighted by molar-refractivity contribution is 0.0969. The second-order valence-electron chi connectivity index (χ2n) is 8.78. The van der Waals surface area contributed by atoms with Crippen LogP contribution >= 0.6 is 24.4 Å². The Morgan fingerprint density at radius 3 is 1.34 bits per heavy atom. The number of carbonyl (C=O) groups excluding carboxylic acids is 2. The van der Waals surface area contributed by atoms with Crippen LogP contribution < -0.4 is 30.7 Å². The van der Waals surface area contributed by atoms with Crippen LogP contribution in [-0.2, 0) is 0 Å². The first-order valence-corrected chi connectivity index (χ1v) is 12.8. The van der Waals surface area contributed by atoms with Crippen molar-refractivity contribution in [2.24, 2.45) is 0 Å². The molecule has 0 saturated heterocycles. The van der Waals surface area contributed by atoms with Gasteiger partial charge in [-0.3, -0.25) is 20.2 Å². The molecule has 0 atom stereocenters. The largest absolute Gasteiger partial charge is 0.491 e. The van der Waals surface area contributed by atoms with E-state index in [4.69, 9.17) is 33.9 Å². The van der Waals surface area contributed by atoms with Gasteiger partial charge in [-0.15, -0.1) is 0 Å². The Morgan fingerprint density at radius 1 is 0.632 bits per heavy atom. The second kappa shape index (κ2) is 13.5. The van der Waals surface area contributed by atoms with Crippen LogP contribution in [0.4, 0.5) is 11.4 Å². The molecule has 0 bridgehead atoms. The Hall–Kier alpha value is -4.02. The number of carbonyl (C=O) groups is 2. The second-order valence-corrected chi connectivity index (χ2v) is 9.60. The van der Waals surface area contributed by atoms with Gasteiger partial charge in [-0.1, -0.05) is 12.1 Å². The molecule has 4 N–H and O–H groups in total. The minimum Gasteiger partial charge on any atom is -0.491 e. The molecule has 10 heteroatoms. The van der Waals surface area contributed by atoms with Crippen molar-refractivity contribution in [3.63, 3.8) is 0 Å². The van der Waals surface area contributed by atoms with Gasteiger partial charge in [0.1, 0.15) is 11.5 Å². The fourth-order valence-corrected chi connectivity index (χ4v) is 3.70. The van der Waals surface area contributed by atoms with Gasteiger partial charge in [0.05, 0.1) is 12.2 Å². The summed E-state index contributed by atoms with van der Waals surface area (Å²) in [5, 5.41) is 11.6. The first-order chi connectivity index (χ1) is 18.1. The molecule has 3 aromatic carbocycles. The molecule has 38 heavy (non-hydrogen) atoms. The molecule has 0 heterocycles. The van der Waals surface area contributed by atoms with Gasteiger partial charge >= 0.3 is 0 Å². The van der Waals surface area contributed by atoms with E-state index in [-0.39, 0.29) is 34.2 Å². The summed E-state index contributed by atoms with van der Waals surface area (Å²) in [5.41, 5.74) is 2.19. The van der Waals surface area contributed by atoms with Crippen LogP contribution in [0.1, 0.15) is 48.4 Å². The average Bonchev–Trinajstić information content (AvgIpc) is 2.84. The number of ether oxygens (including phenoxy) is 2. The highest BCUT2D eigenvalue weighted by Gasteiger charge is 2.11. The van der Waals surface area contributed by atoms with Crippen LogP contribution in [0.15, 0.2) is 72.8 Å². The van der Waals surface area contributed by atoms with Crippen LogP contribution in [0.3, 0.4) is 0 Å². The SMILES string of the molecule is CC(C)Oc1cccc(C(=O)NC(=S)Nc2ccc(NC(=S)NC(=O)c3cccc(OC(C)C)c3)cc2)c1. The highest BCUT2D eigenvalue weighted by atomic mass is 32.1. The van der Waals surface area contributed by atoms with E-state index in [0.717, 1.165) is 0 Å². The third-order valence-corrected chi connectivity index (χ3v) is 5.20. The lowest BCUT2D eigenvalue weighted by Gasteiger charge is -2.13. The standard InChI is InChI=1S/C28H30N4O4S2/c1-17(2)35-23-9-5-7-19(15-23)25(33)31-27(37)29-21-11-13-22(14-12-21)30-28(38)32-26(34)20-8-6-10-24(16-20)36-18(3)4/h5-18H,1-4H3,(H2,29,31,33,37)(H2,30,32,34,38). The Bertz CT molecular complexity index is 1210. The number of hydrogen-bond donors (Lipinski definition) is 4. The highest BCUT2D eigenvalue weighted by Crippen LogP contribution is 2.17. The topological polar surface area (TPSA) is 101 Å². The molecule has 3 rings (SSSR count). The predicted molar refractivity (Wildman–Crippen MR) is 158 cm³/mol. The summed E-state index contributed by atoms with van der Waals surface area (Å²) in [5.74, 6) is 0.518. The number of benzene rings is 3. The van der Waals surface area contributed by atoms with Crippen LogP contribution in [0, 0.1) is 0 Å². The van der Waals surface area contributed by atoms with E-state index >= 15 is 0 Å². The zero-order chi connectivity index (χ0) is 27.7. The molecule has 0 aliphatic heterocycles. The Labute approximate surface area is 233 Å². The number of amides is 2. The van der Waals surface area contributed by atoms with Crippen molar-refractivity contribution in [3.05, 3.63) is 83.9 Å². The van der Waals surface area contributed by atoms with Crippen LogP contribution in [0.5, 0.6) is 11.5 Å². The number of rotatable bonds is 8. The molecule has 2 amide bonds. The molecule has 0 spiro atoms. The van der Waals surface area contributed by atoms with Crippen molar-refractivity contribution in [3.8, 4) is 11.5 Å². The zero-order valence-electron chi connectivity index (χ0n) is 21.5. The Balaban J connectivity index is 1.50. The molecule has 3 aromatic rings. The van der Waals surface area contributed by atoms with E-state index in [0.29, 0.717) is 34.0 Å². The lowest BCUT2D eigenvalue weighted by atomic mass is 10.2. The van der Waals surface area contributed by atoms with Gasteiger partial charge in [-0.2, -0.15) is 0 Å². The maximum atomic E-state index is 12.6. The summed E-state index contributed by atoms with van der Waals surface area (Å²) in [6.45, 7) is 7.67. The first-order valence-electron chi connectivity index (χ1n) is 12.0. The summed E-state index contributed by atoms with van der Waals surface area (Å²) in [6, 6.07) is 20.8. The smallest absolute Gasteiger partial charge is 0.257 e. The molecule has 0 aliphatic rings. The van der Waals surface area contributed by atoms with Gasteiger partial charge in [0, 0.05) is 22.5 Å². The molecule has 0 aromatic heterocycles. The van der Waals surface area contributed by atoms with Crippen molar-refractivity contribution < 1.29 is 19.1 Å². The van der Waals surface area contributed by atoms with E-state index in [1.165, 1.54) is 0 Å². The third-order valence-electron chi connectivity index (χ3n) is 4.79. The molecule has 0 unspecified atom stereocenters. The van der Waals surface area contributed by atoms with Gasteiger partial charge in [0.2, 0.25) is 0 Å². The van der Waals surface area contributed by atoms with Crippen molar-refractivity contribution in [2.45, 2.75) is 39.9 Å². The molecule has 0 radical (unpaired) electrons. The highest BCUT2D eigenvalue weighted by molar-refractivity contribution is 7.80. The van der Waals surface area contributed by atoms with Crippen molar-refractivity contribution in [2.75, 3.05) is 10.6 Å². The van der Waals surface area contributed by atoms with Gasteiger partial charge < -0.3 is 20.1 Å². The van der Waals surface area contributed by atoms with Crippen LogP contribution in [0.2, 0.25) is 0 Å². The van der Waals surface area contributed by atoms with Crippen molar-refractivity contribution >= 4 is 57.8 Å². The number of hydrogen-bond acceptors (Lipinski definition) is 6. The maximum absolute atomic E-state index is 12.6. The van der Waals surface area contributed by atoms with E-state index in [1.54, 1.807) is 72.8 Å². The summed E-state index contributed by atoms with van der Waals surface area (Å²) in [4.78, 5) is 25.1.